The number of imidazole rings is 1. The first-order chi connectivity index (χ1) is 11.3. The lowest BCUT2D eigenvalue weighted by Crippen LogP contribution is -1.86. The van der Waals surface area contributed by atoms with Crippen LogP contribution in [0, 0.1) is 5.82 Å². The van der Waals surface area contributed by atoms with E-state index in [1.807, 2.05) is 30.3 Å². The van der Waals surface area contributed by atoms with E-state index in [4.69, 9.17) is 0 Å². The minimum atomic E-state index is -0.272. The number of nitrogens with zero attached hydrogens (tertiary/aromatic N) is 3. The van der Waals surface area contributed by atoms with Gasteiger partial charge in [-0.15, -0.1) is 0 Å². The van der Waals surface area contributed by atoms with Crippen LogP contribution in [0.3, 0.4) is 0 Å². The molecule has 0 amide bonds. The van der Waals surface area contributed by atoms with Gasteiger partial charge in [0, 0.05) is 10.5 Å². The summed E-state index contributed by atoms with van der Waals surface area (Å²) in [7, 11) is 0. The largest absolute Gasteiger partial charge is 0.335 e. The van der Waals surface area contributed by atoms with Crippen LogP contribution in [-0.4, -0.2) is 19.9 Å². The molecule has 2 heterocycles. The molecule has 0 radical (unpaired) electrons. The Bertz CT molecular complexity index is 951. The van der Waals surface area contributed by atoms with E-state index >= 15 is 0 Å². The number of halogens is 1. The van der Waals surface area contributed by atoms with Crippen LogP contribution in [0.15, 0.2) is 70.8 Å². The van der Waals surface area contributed by atoms with Crippen LogP contribution in [0.5, 0.6) is 0 Å². The average molecular weight is 322 g/mol. The van der Waals surface area contributed by atoms with Gasteiger partial charge in [0.15, 0.2) is 10.8 Å². The maximum atomic E-state index is 13.0. The monoisotopic (exact) mass is 322 g/mol. The van der Waals surface area contributed by atoms with Gasteiger partial charge in [-0.1, -0.05) is 18.2 Å². The lowest BCUT2D eigenvalue weighted by Gasteiger charge is -1.98. The van der Waals surface area contributed by atoms with E-state index in [-0.39, 0.29) is 5.82 Å². The molecule has 6 heteroatoms. The highest BCUT2D eigenvalue weighted by molar-refractivity contribution is 7.99. The van der Waals surface area contributed by atoms with Crippen molar-refractivity contribution in [3.05, 3.63) is 66.6 Å². The van der Waals surface area contributed by atoms with Gasteiger partial charge in [-0.25, -0.2) is 19.3 Å². The number of hydrogen-bond donors (Lipinski definition) is 1. The highest BCUT2D eigenvalue weighted by Crippen LogP contribution is 2.26. The van der Waals surface area contributed by atoms with Crippen molar-refractivity contribution in [2.75, 3.05) is 0 Å². The third-order valence-corrected chi connectivity index (χ3v) is 4.17. The van der Waals surface area contributed by atoms with Crippen molar-refractivity contribution >= 4 is 22.9 Å². The minimum Gasteiger partial charge on any atom is -0.335 e. The van der Waals surface area contributed by atoms with E-state index in [2.05, 4.69) is 19.9 Å². The zero-order valence-corrected chi connectivity index (χ0v) is 12.7. The lowest BCUT2D eigenvalue weighted by atomic mass is 10.2. The van der Waals surface area contributed by atoms with Gasteiger partial charge in [0.05, 0.1) is 6.20 Å². The first kappa shape index (κ1) is 13.9. The summed E-state index contributed by atoms with van der Waals surface area (Å²) in [4.78, 5) is 17.5. The Morgan fingerprint density at radius 1 is 0.913 bits per heavy atom. The Labute approximate surface area is 135 Å². The summed E-state index contributed by atoms with van der Waals surface area (Å²) in [5, 5.41) is 0.640. The number of H-pyrrole nitrogens is 1. The molecule has 0 unspecified atom stereocenters. The molecule has 0 fully saturated rings. The summed E-state index contributed by atoms with van der Waals surface area (Å²) in [5.41, 5.74) is 2.15. The molecule has 0 aliphatic heterocycles. The van der Waals surface area contributed by atoms with E-state index in [0.717, 1.165) is 16.0 Å². The summed E-state index contributed by atoms with van der Waals surface area (Å²) >= 11 is 1.48. The molecule has 2 aromatic carbocycles. The Morgan fingerprint density at radius 2 is 1.70 bits per heavy atom. The molecule has 0 saturated heterocycles. The fourth-order valence-corrected chi connectivity index (χ4v) is 2.92. The summed E-state index contributed by atoms with van der Waals surface area (Å²) < 4.78 is 13.0. The highest BCUT2D eigenvalue weighted by atomic mass is 32.2. The molecule has 0 bridgehead atoms. The second-order valence-corrected chi connectivity index (χ2v) is 5.94. The Balaban J connectivity index is 1.68. The van der Waals surface area contributed by atoms with Crippen molar-refractivity contribution in [3.8, 4) is 11.4 Å². The van der Waals surface area contributed by atoms with Gasteiger partial charge in [0.2, 0.25) is 0 Å². The number of benzene rings is 2. The maximum Gasteiger partial charge on any atom is 0.194 e. The fraction of sp³-hybridized carbons (Fsp3) is 0. The average Bonchev–Trinajstić information content (AvgIpc) is 3.00. The van der Waals surface area contributed by atoms with Crippen LogP contribution in [0.1, 0.15) is 0 Å². The van der Waals surface area contributed by atoms with Crippen molar-refractivity contribution in [2.45, 2.75) is 10.1 Å². The molecule has 112 valence electrons. The first-order valence-electron chi connectivity index (χ1n) is 6.99. The lowest BCUT2D eigenvalue weighted by molar-refractivity contribution is 0.628. The fourth-order valence-electron chi connectivity index (χ4n) is 2.18. The smallest absolute Gasteiger partial charge is 0.194 e. The van der Waals surface area contributed by atoms with Gasteiger partial charge in [0.1, 0.15) is 17.2 Å². The number of rotatable bonds is 3. The van der Waals surface area contributed by atoms with Crippen molar-refractivity contribution in [3.63, 3.8) is 0 Å². The second kappa shape index (κ2) is 5.81. The summed E-state index contributed by atoms with van der Waals surface area (Å²) in [6.45, 7) is 0. The van der Waals surface area contributed by atoms with Gasteiger partial charge >= 0.3 is 0 Å². The van der Waals surface area contributed by atoms with Gasteiger partial charge < -0.3 is 4.98 Å². The van der Waals surface area contributed by atoms with Crippen LogP contribution in [-0.2, 0) is 0 Å². The van der Waals surface area contributed by atoms with E-state index < -0.39 is 0 Å². The van der Waals surface area contributed by atoms with Crippen LogP contribution < -0.4 is 0 Å². The molecule has 0 aliphatic rings. The van der Waals surface area contributed by atoms with E-state index in [1.54, 1.807) is 18.3 Å². The Kier molecular flexibility index (Phi) is 3.51. The molecule has 0 saturated carbocycles. The number of hydrogen-bond acceptors (Lipinski definition) is 4. The van der Waals surface area contributed by atoms with Crippen LogP contribution in [0.2, 0.25) is 0 Å². The van der Waals surface area contributed by atoms with Crippen molar-refractivity contribution in [2.24, 2.45) is 0 Å². The van der Waals surface area contributed by atoms with Crippen LogP contribution in [0.4, 0.5) is 4.39 Å². The van der Waals surface area contributed by atoms with Crippen molar-refractivity contribution < 1.29 is 4.39 Å². The zero-order chi connectivity index (χ0) is 15.6. The predicted octanol–water partition coefficient (Wildman–Crippen LogP) is 4.31. The number of fused-ring (bicyclic) bond motifs is 1. The Morgan fingerprint density at radius 3 is 2.48 bits per heavy atom. The molecule has 23 heavy (non-hydrogen) atoms. The SMILES string of the molecule is Fc1ccc(-c2nc3nc(Sc4ccccc4)ncc3[nH]2)cc1. The topological polar surface area (TPSA) is 54.5 Å². The standard InChI is InChI=1S/C17H11FN4S/c18-12-8-6-11(7-9-12)15-20-14-10-19-17(22-16(14)21-15)23-13-4-2-1-3-5-13/h1-10H,(H,19,20,21,22). The van der Waals surface area contributed by atoms with Gasteiger partial charge in [0.25, 0.3) is 0 Å². The van der Waals surface area contributed by atoms with Crippen LogP contribution in [0.25, 0.3) is 22.6 Å². The summed E-state index contributed by atoms with van der Waals surface area (Å²) in [5.74, 6) is 0.377. The number of aromatic nitrogens is 4. The molecule has 0 spiro atoms. The molecule has 4 rings (SSSR count). The maximum absolute atomic E-state index is 13.0. The third-order valence-electron chi connectivity index (χ3n) is 3.29. The van der Waals surface area contributed by atoms with E-state index in [9.17, 15) is 4.39 Å². The second-order valence-electron chi connectivity index (χ2n) is 4.90. The van der Waals surface area contributed by atoms with Gasteiger partial charge in [-0.05, 0) is 48.2 Å². The zero-order valence-electron chi connectivity index (χ0n) is 11.9. The van der Waals surface area contributed by atoms with Gasteiger partial charge in [-0.2, -0.15) is 0 Å². The quantitative estimate of drug-likeness (QED) is 0.571. The molecule has 4 nitrogen and oxygen atoms in total. The molecule has 0 atom stereocenters. The molecule has 2 aromatic heterocycles. The van der Waals surface area contributed by atoms with Crippen molar-refractivity contribution in [1.29, 1.82) is 0 Å². The van der Waals surface area contributed by atoms with E-state index in [1.165, 1.54) is 23.9 Å². The van der Waals surface area contributed by atoms with Gasteiger partial charge in [-0.3, -0.25) is 0 Å². The molecule has 0 aliphatic carbocycles. The third kappa shape index (κ3) is 2.93. The highest BCUT2D eigenvalue weighted by Gasteiger charge is 2.09. The molecular formula is C17H11FN4S. The summed E-state index contributed by atoms with van der Waals surface area (Å²) in [6.07, 6.45) is 1.72. The first-order valence-corrected chi connectivity index (χ1v) is 7.81. The number of aromatic amines is 1. The predicted molar refractivity (Wildman–Crippen MR) is 87.6 cm³/mol. The normalized spacial score (nSPS) is 11.0. The van der Waals surface area contributed by atoms with E-state index in [0.29, 0.717) is 16.6 Å². The Hall–Kier alpha value is -2.73. The number of nitrogens with one attached hydrogen (secondary N) is 1. The minimum absolute atomic E-state index is 0.272. The molecular weight excluding hydrogens is 311 g/mol. The molecule has 4 aromatic rings. The van der Waals surface area contributed by atoms with Crippen LogP contribution >= 0.6 is 11.8 Å². The molecule has 1 N–H and O–H groups in total. The van der Waals surface area contributed by atoms with Crippen molar-refractivity contribution in [1.82, 2.24) is 19.9 Å². The summed E-state index contributed by atoms with van der Waals surface area (Å²) in [6, 6.07) is 16.1.